The lowest BCUT2D eigenvalue weighted by atomic mass is 10.1. The van der Waals surface area contributed by atoms with Crippen LogP contribution in [0.3, 0.4) is 0 Å². The van der Waals surface area contributed by atoms with Crippen LogP contribution in [-0.4, -0.2) is 17.8 Å². The molecule has 0 aliphatic heterocycles. The predicted octanol–water partition coefficient (Wildman–Crippen LogP) is 2.48. The van der Waals surface area contributed by atoms with Gasteiger partial charge in [-0.2, -0.15) is 0 Å². The van der Waals surface area contributed by atoms with Crippen molar-refractivity contribution in [3.8, 4) is 0 Å². The van der Waals surface area contributed by atoms with Crippen molar-refractivity contribution < 1.29 is 5.11 Å². The molecule has 2 N–H and O–H groups in total. The molecule has 0 bridgehead atoms. The van der Waals surface area contributed by atoms with Gasteiger partial charge in [0.05, 0.1) is 0 Å². The van der Waals surface area contributed by atoms with Gasteiger partial charge in [0, 0.05) is 23.6 Å². The second kappa shape index (κ2) is 5.49. The Labute approximate surface area is 90.0 Å². The van der Waals surface area contributed by atoms with Crippen molar-refractivity contribution in [2.75, 3.05) is 6.61 Å². The topological polar surface area (TPSA) is 32.3 Å². The number of hydrogen-bond acceptors (Lipinski definition) is 3. The first-order valence-corrected chi connectivity index (χ1v) is 5.94. The summed E-state index contributed by atoms with van der Waals surface area (Å²) in [4.78, 5) is 1.35. The zero-order valence-corrected chi connectivity index (χ0v) is 9.90. The molecular weight excluding hydrogens is 194 g/mol. The molecule has 0 saturated heterocycles. The van der Waals surface area contributed by atoms with Crippen LogP contribution in [0.1, 0.15) is 36.8 Å². The van der Waals surface area contributed by atoms with Gasteiger partial charge in [-0.25, -0.2) is 0 Å². The van der Waals surface area contributed by atoms with Crippen LogP contribution in [0.4, 0.5) is 0 Å². The number of aliphatic hydroxyl groups excluding tert-OH is 1. The fourth-order valence-corrected chi connectivity index (χ4v) is 2.59. The maximum atomic E-state index is 9.00. The Bertz CT molecular complexity index is 270. The summed E-state index contributed by atoms with van der Waals surface area (Å²) in [5.41, 5.74) is 1.32. The molecule has 1 heterocycles. The van der Waals surface area contributed by atoms with Gasteiger partial charge in [-0.05, 0) is 30.4 Å². The Balaban J connectivity index is 2.72. The van der Waals surface area contributed by atoms with E-state index in [2.05, 4.69) is 37.5 Å². The van der Waals surface area contributed by atoms with Crippen LogP contribution < -0.4 is 5.32 Å². The van der Waals surface area contributed by atoms with Crippen LogP contribution >= 0.6 is 11.3 Å². The molecule has 3 heteroatoms. The molecular formula is C11H19NOS. The molecule has 0 saturated carbocycles. The van der Waals surface area contributed by atoms with E-state index in [0.29, 0.717) is 12.1 Å². The van der Waals surface area contributed by atoms with E-state index < -0.39 is 0 Å². The van der Waals surface area contributed by atoms with Crippen molar-refractivity contribution in [3.05, 3.63) is 21.9 Å². The second-order valence-corrected chi connectivity index (χ2v) is 4.80. The summed E-state index contributed by atoms with van der Waals surface area (Å²) in [6.07, 6.45) is 0.791. The van der Waals surface area contributed by atoms with Gasteiger partial charge in [0.15, 0.2) is 0 Å². The predicted molar refractivity (Wildman–Crippen MR) is 61.8 cm³/mol. The Morgan fingerprint density at radius 1 is 1.50 bits per heavy atom. The largest absolute Gasteiger partial charge is 0.396 e. The molecule has 0 aromatic carbocycles. The molecule has 0 radical (unpaired) electrons. The lowest BCUT2D eigenvalue weighted by molar-refractivity contribution is 0.262. The van der Waals surface area contributed by atoms with E-state index in [4.69, 9.17) is 5.11 Å². The Kier molecular flexibility index (Phi) is 4.58. The minimum atomic E-state index is 0.238. The highest BCUT2D eigenvalue weighted by Gasteiger charge is 2.14. The molecule has 14 heavy (non-hydrogen) atoms. The maximum Gasteiger partial charge on any atom is 0.0449 e. The zero-order chi connectivity index (χ0) is 10.6. The van der Waals surface area contributed by atoms with E-state index in [-0.39, 0.29) is 6.61 Å². The molecule has 0 fully saturated rings. The van der Waals surface area contributed by atoms with Gasteiger partial charge in [-0.15, -0.1) is 11.3 Å². The first-order chi connectivity index (χ1) is 6.65. The third kappa shape index (κ3) is 3.08. The normalized spacial score (nSPS) is 13.5. The lowest BCUT2D eigenvalue weighted by Crippen LogP contribution is -2.28. The number of nitrogens with one attached hydrogen (secondary N) is 1. The maximum absolute atomic E-state index is 9.00. The van der Waals surface area contributed by atoms with Gasteiger partial charge >= 0.3 is 0 Å². The minimum absolute atomic E-state index is 0.238. The van der Waals surface area contributed by atoms with Crippen LogP contribution in [0, 0.1) is 6.92 Å². The third-order valence-electron chi connectivity index (χ3n) is 2.17. The summed E-state index contributed by atoms with van der Waals surface area (Å²) in [7, 11) is 0. The molecule has 80 valence electrons. The number of aryl methyl sites for hydroxylation is 1. The molecule has 1 atom stereocenters. The molecule has 0 spiro atoms. The Morgan fingerprint density at radius 3 is 2.64 bits per heavy atom. The molecule has 1 aromatic heterocycles. The highest BCUT2D eigenvalue weighted by Crippen LogP contribution is 2.26. The molecule has 0 aliphatic rings. The van der Waals surface area contributed by atoms with Crippen LogP contribution in [0.5, 0.6) is 0 Å². The summed E-state index contributed by atoms with van der Waals surface area (Å²) in [6, 6.07) is 2.89. The average Bonchev–Trinajstić information content (AvgIpc) is 2.50. The molecule has 0 amide bonds. The fourth-order valence-electron chi connectivity index (χ4n) is 1.56. The second-order valence-electron chi connectivity index (χ2n) is 3.85. The fraction of sp³-hybridized carbons (Fsp3) is 0.636. The van der Waals surface area contributed by atoms with Crippen molar-refractivity contribution in [3.63, 3.8) is 0 Å². The van der Waals surface area contributed by atoms with Gasteiger partial charge in [0.25, 0.3) is 0 Å². The minimum Gasteiger partial charge on any atom is -0.396 e. The molecule has 1 rings (SSSR count). The molecule has 2 nitrogen and oxygen atoms in total. The van der Waals surface area contributed by atoms with Crippen LogP contribution in [0.15, 0.2) is 11.4 Å². The Hall–Kier alpha value is -0.380. The standard InChI is InChI=1S/C11H19NOS/c1-8(2)12-10(4-6-13)11-9(3)5-7-14-11/h5,7-8,10,12-13H,4,6H2,1-3H3. The summed E-state index contributed by atoms with van der Waals surface area (Å²) in [5.74, 6) is 0. The number of aliphatic hydroxyl groups is 1. The highest BCUT2D eigenvalue weighted by molar-refractivity contribution is 7.10. The Morgan fingerprint density at radius 2 is 2.21 bits per heavy atom. The lowest BCUT2D eigenvalue weighted by Gasteiger charge is -2.20. The van der Waals surface area contributed by atoms with Gasteiger partial charge in [-0.3, -0.25) is 0 Å². The average molecular weight is 213 g/mol. The first kappa shape index (κ1) is 11.7. The van der Waals surface area contributed by atoms with Crippen molar-refractivity contribution in [1.82, 2.24) is 5.32 Å². The summed E-state index contributed by atoms with van der Waals surface area (Å²) in [5, 5.41) is 14.6. The van der Waals surface area contributed by atoms with Crippen molar-refractivity contribution in [1.29, 1.82) is 0 Å². The number of thiophene rings is 1. The van der Waals surface area contributed by atoms with E-state index in [1.165, 1.54) is 10.4 Å². The smallest absolute Gasteiger partial charge is 0.0449 e. The van der Waals surface area contributed by atoms with Crippen molar-refractivity contribution in [2.24, 2.45) is 0 Å². The highest BCUT2D eigenvalue weighted by atomic mass is 32.1. The summed E-state index contributed by atoms with van der Waals surface area (Å²) >= 11 is 1.77. The van der Waals surface area contributed by atoms with Gasteiger partial charge in [0.2, 0.25) is 0 Å². The zero-order valence-electron chi connectivity index (χ0n) is 9.08. The van der Waals surface area contributed by atoms with Gasteiger partial charge < -0.3 is 10.4 Å². The first-order valence-electron chi connectivity index (χ1n) is 5.06. The van der Waals surface area contributed by atoms with Gasteiger partial charge in [-0.1, -0.05) is 13.8 Å². The summed E-state index contributed by atoms with van der Waals surface area (Å²) in [6.45, 7) is 6.63. The van der Waals surface area contributed by atoms with E-state index in [1.54, 1.807) is 11.3 Å². The van der Waals surface area contributed by atoms with Crippen LogP contribution in [0.2, 0.25) is 0 Å². The molecule has 1 unspecified atom stereocenters. The molecule has 0 aliphatic carbocycles. The van der Waals surface area contributed by atoms with E-state index >= 15 is 0 Å². The quantitative estimate of drug-likeness (QED) is 0.787. The van der Waals surface area contributed by atoms with E-state index in [0.717, 1.165) is 6.42 Å². The SMILES string of the molecule is Cc1ccsc1C(CCO)NC(C)C. The van der Waals surface area contributed by atoms with Gasteiger partial charge in [0.1, 0.15) is 0 Å². The number of rotatable bonds is 5. The number of hydrogen-bond donors (Lipinski definition) is 2. The van der Waals surface area contributed by atoms with E-state index in [9.17, 15) is 0 Å². The monoisotopic (exact) mass is 213 g/mol. The van der Waals surface area contributed by atoms with Crippen molar-refractivity contribution >= 4 is 11.3 Å². The van der Waals surface area contributed by atoms with Crippen molar-refractivity contribution in [2.45, 2.75) is 39.3 Å². The summed E-state index contributed by atoms with van der Waals surface area (Å²) < 4.78 is 0. The third-order valence-corrected chi connectivity index (χ3v) is 3.30. The van der Waals surface area contributed by atoms with E-state index in [1.807, 2.05) is 0 Å². The van der Waals surface area contributed by atoms with Crippen LogP contribution in [0.25, 0.3) is 0 Å². The van der Waals surface area contributed by atoms with Crippen LogP contribution in [-0.2, 0) is 0 Å². The molecule has 1 aromatic rings.